The molecule has 6 nitrogen and oxygen atoms in total. The number of ketones is 1. The molecule has 0 N–H and O–H groups in total. The zero-order valence-corrected chi connectivity index (χ0v) is 13.2. The van der Waals surface area contributed by atoms with Crippen LogP contribution in [0.1, 0.15) is 30.1 Å². The van der Waals surface area contributed by atoms with Crippen molar-refractivity contribution in [2.75, 3.05) is 6.54 Å². The van der Waals surface area contributed by atoms with E-state index in [4.69, 9.17) is 4.74 Å². The first-order chi connectivity index (χ1) is 11.5. The molecule has 6 heteroatoms. The summed E-state index contributed by atoms with van der Waals surface area (Å²) >= 11 is 0. The number of Topliss-reactive ketones (excluding diaryl/α,β-unsaturated/α-hetero) is 1. The lowest BCUT2D eigenvalue weighted by molar-refractivity contribution is -0.148. The quantitative estimate of drug-likeness (QED) is 0.277. The second kappa shape index (κ2) is 6.39. The van der Waals surface area contributed by atoms with Crippen LogP contribution in [-0.2, 0) is 14.4 Å². The second-order valence-corrected chi connectivity index (χ2v) is 5.97. The Morgan fingerprint density at radius 3 is 2.08 bits per heavy atom. The molecule has 2 amide bonds. The summed E-state index contributed by atoms with van der Waals surface area (Å²) in [5, 5.41) is 0. The minimum absolute atomic E-state index is 0.0858. The van der Waals surface area contributed by atoms with E-state index in [1.807, 2.05) is 12.2 Å². The van der Waals surface area contributed by atoms with Crippen LogP contribution in [0.15, 0.2) is 36.4 Å². The first kappa shape index (κ1) is 16.1. The van der Waals surface area contributed by atoms with Crippen LogP contribution in [-0.4, -0.2) is 35.0 Å². The van der Waals surface area contributed by atoms with E-state index in [-0.39, 0.29) is 41.7 Å². The van der Waals surface area contributed by atoms with Gasteiger partial charge in [0, 0.05) is 5.56 Å². The normalized spacial score (nSPS) is 22.5. The molecular weight excluding hydrogens is 310 g/mol. The highest BCUT2D eigenvalue weighted by Crippen LogP contribution is 2.34. The Bertz CT molecular complexity index is 708. The van der Waals surface area contributed by atoms with Gasteiger partial charge in [0.2, 0.25) is 11.8 Å². The van der Waals surface area contributed by atoms with E-state index in [0.29, 0.717) is 18.4 Å². The molecule has 1 saturated heterocycles. The van der Waals surface area contributed by atoms with E-state index in [1.165, 1.54) is 19.1 Å². The van der Waals surface area contributed by atoms with E-state index >= 15 is 0 Å². The molecule has 0 spiro atoms. The second-order valence-electron chi connectivity index (χ2n) is 5.97. The Labute approximate surface area is 139 Å². The third kappa shape index (κ3) is 2.99. The molecule has 0 bridgehead atoms. The Morgan fingerprint density at radius 1 is 1.04 bits per heavy atom. The summed E-state index contributed by atoms with van der Waals surface area (Å²) in [5.74, 6) is -1.83. The van der Waals surface area contributed by atoms with E-state index in [9.17, 15) is 19.2 Å². The van der Waals surface area contributed by atoms with Gasteiger partial charge in [-0.1, -0.05) is 12.2 Å². The fraction of sp³-hybridized carbons (Fsp3) is 0.333. The number of fused-ring (bicyclic) bond motifs is 1. The van der Waals surface area contributed by atoms with Crippen molar-refractivity contribution < 1.29 is 23.9 Å². The number of nitrogens with zero attached hydrogens (tertiary/aromatic N) is 1. The fourth-order valence-electron chi connectivity index (χ4n) is 3.08. The van der Waals surface area contributed by atoms with Gasteiger partial charge in [-0.2, -0.15) is 0 Å². The van der Waals surface area contributed by atoms with Gasteiger partial charge < -0.3 is 4.74 Å². The van der Waals surface area contributed by atoms with E-state index in [2.05, 4.69) is 0 Å². The Kier molecular flexibility index (Phi) is 4.29. The minimum atomic E-state index is -0.682. The number of hydrogen-bond donors (Lipinski definition) is 0. The van der Waals surface area contributed by atoms with Crippen LogP contribution in [0.2, 0.25) is 0 Å². The first-order valence-corrected chi connectivity index (χ1v) is 7.79. The lowest BCUT2D eigenvalue weighted by Crippen LogP contribution is -2.37. The number of carbonyl (C=O) groups excluding carboxylic acids is 4. The van der Waals surface area contributed by atoms with Crippen molar-refractivity contribution in [3.63, 3.8) is 0 Å². The smallest absolute Gasteiger partial charge is 0.331 e. The molecular formula is C18H17NO5. The molecule has 24 heavy (non-hydrogen) atoms. The zero-order valence-electron chi connectivity index (χ0n) is 13.2. The summed E-state index contributed by atoms with van der Waals surface area (Å²) in [6.07, 6.45) is 4.86. The van der Waals surface area contributed by atoms with Gasteiger partial charge in [-0.3, -0.25) is 19.3 Å². The standard InChI is InChI=1S/C18H17NO5/c1-11(20)12-6-8-13(9-7-12)24-16(21)10-19-17(22)14-4-2-3-5-15(14)18(19)23/h2-3,6-9,14-15H,4-5,10H2,1H3/t14-,15-/m1/s1. The van der Waals surface area contributed by atoms with Crippen LogP contribution in [0.3, 0.4) is 0 Å². The molecule has 1 aliphatic carbocycles. The van der Waals surface area contributed by atoms with Crippen molar-refractivity contribution in [3.05, 3.63) is 42.0 Å². The van der Waals surface area contributed by atoms with E-state index in [1.54, 1.807) is 12.1 Å². The number of imide groups is 1. The van der Waals surface area contributed by atoms with Crippen molar-refractivity contribution >= 4 is 23.6 Å². The van der Waals surface area contributed by atoms with Gasteiger partial charge in [-0.15, -0.1) is 0 Å². The summed E-state index contributed by atoms with van der Waals surface area (Å²) in [6, 6.07) is 6.12. The number of rotatable bonds is 4. The van der Waals surface area contributed by atoms with Crippen molar-refractivity contribution in [2.45, 2.75) is 19.8 Å². The highest BCUT2D eigenvalue weighted by atomic mass is 16.5. The Hall–Kier alpha value is -2.76. The molecule has 3 rings (SSSR count). The van der Waals surface area contributed by atoms with E-state index < -0.39 is 5.97 Å². The molecule has 2 aliphatic rings. The lowest BCUT2D eigenvalue weighted by Gasteiger charge is -2.14. The summed E-state index contributed by atoms with van der Waals surface area (Å²) in [5.41, 5.74) is 0.510. The van der Waals surface area contributed by atoms with E-state index in [0.717, 1.165) is 4.90 Å². The van der Waals surface area contributed by atoms with Crippen molar-refractivity contribution in [3.8, 4) is 5.75 Å². The average molecular weight is 327 g/mol. The van der Waals surface area contributed by atoms with Crippen molar-refractivity contribution in [1.82, 2.24) is 4.90 Å². The third-order valence-corrected chi connectivity index (χ3v) is 4.38. The van der Waals surface area contributed by atoms with Crippen LogP contribution in [0.4, 0.5) is 0 Å². The molecule has 0 radical (unpaired) electrons. The van der Waals surface area contributed by atoms with Gasteiger partial charge in [0.05, 0.1) is 11.8 Å². The zero-order chi connectivity index (χ0) is 17.3. The SMILES string of the molecule is CC(=O)c1ccc(OC(=O)CN2C(=O)[C@@H]3CC=CC[C@H]3C2=O)cc1. The summed E-state index contributed by atoms with van der Waals surface area (Å²) in [7, 11) is 0. The van der Waals surface area contributed by atoms with Crippen LogP contribution in [0.5, 0.6) is 5.75 Å². The number of carbonyl (C=O) groups is 4. The molecule has 1 aliphatic heterocycles. The van der Waals surface area contributed by atoms with Gasteiger partial charge in [0.25, 0.3) is 0 Å². The number of ether oxygens (including phenoxy) is 1. The lowest BCUT2D eigenvalue weighted by atomic mass is 9.85. The third-order valence-electron chi connectivity index (χ3n) is 4.38. The van der Waals surface area contributed by atoms with Gasteiger partial charge in [0.15, 0.2) is 5.78 Å². The number of likely N-dealkylation sites (tertiary alicyclic amines) is 1. The van der Waals surface area contributed by atoms with Gasteiger partial charge >= 0.3 is 5.97 Å². The predicted octanol–water partition coefficient (Wildman–Crippen LogP) is 1.75. The molecule has 1 aromatic rings. The monoisotopic (exact) mass is 327 g/mol. The molecule has 124 valence electrons. The Balaban J connectivity index is 1.63. The van der Waals surface area contributed by atoms with Gasteiger partial charge in [-0.25, -0.2) is 4.79 Å². The van der Waals surface area contributed by atoms with Crippen LogP contribution in [0.25, 0.3) is 0 Å². The molecule has 1 aromatic carbocycles. The van der Waals surface area contributed by atoms with Crippen molar-refractivity contribution in [1.29, 1.82) is 0 Å². The van der Waals surface area contributed by atoms with Crippen LogP contribution in [0, 0.1) is 11.8 Å². The molecule has 0 unspecified atom stereocenters. The maximum absolute atomic E-state index is 12.3. The highest BCUT2D eigenvalue weighted by Gasteiger charge is 2.47. The topological polar surface area (TPSA) is 80.8 Å². The Morgan fingerprint density at radius 2 is 1.58 bits per heavy atom. The van der Waals surface area contributed by atoms with Gasteiger partial charge in [-0.05, 0) is 44.0 Å². The largest absolute Gasteiger partial charge is 0.425 e. The number of benzene rings is 1. The number of esters is 1. The summed E-state index contributed by atoms with van der Waals surface area (Å²) in [4.78, 5) is 48.8. The van der Waals surface area contributed by atoms with Gasteiger partial charge in [0.1, 0.15) is 12.3 Å². The van der Waals surface area contributed by atoms with Crippen LogP contribution < -0.4 is 4.74 Å². The maximum atomic E-state index is 12.3. The number of hydrogen-bond acceptors (Lipinski definition) is 5. The predicted molar refractivity (Wildman–Crippen MR) is 84.2 cm³/mol. The molecule has 0 saturated carbocycles. The van der Waals surface area contributed by atoms with Crippen LogP contribution >= 0.6 is 0 Å². The molecule has 1 heterocycles. The highest BCUT2D eigenvalue weighted by molar-refractivity contribution is 6.07. The maximum Gasteiger partial charge on any atom is 0.331 e. The average Bonchev–Trinajstić information content (AvgIpc) is 2.81. The fourth-order valence-corrected chi connectivity index (χ4v) is 3.08. The number of allylic oxidation sites excluding steroid dienone is 2. The van der Waals surface area contributed by atoms with Crippen molar-refractivity contribution in [2.24, 2.45) is 11.8 Å². The minimum Gasteiger partial charge on any atom is -0.425 e. The summed E-state index contributed by atoms with van der Waals surface area (Å²) in [6.45, 7) is 1.05. The molecule has 2 atom stereocenters. The molecule has 1 fully saturated rings. The summed E-state index contributed by atoms with van der Waals surface area (Å²) < 4.78 is 5.15. The number of amides is 2. The molecule has 0 aromatic heterocycles. The first-order valence-electron chi connectivity index (χ1n) is 7.79.